The second-order valence-corrected chi connectivity index (χ2v) is 12.6. The van der Waals surface area contributed by atoms with Crippen molar-refractivity contribution in [2.75, 3.05) is 0 Å². The maximum absolute atomic E-state index is 6.40. The maximum atomic E-state index is 6.40. The molecule has 0 saturated carbocycles. The number of rotatable bonds is 6. The van der Waals surface area contributed by atoms with E-state index in [1.807, 2.05) is 64.1 Å². The number of imidazole rings is 1. The van der Waals surface area contributed by atoms with Gasteiger partial charge in [0.2, 0.25) is 0 Å². The standard InChI is InChI=1S/C42H32N4O.Pt/c1-42(2,3)31-22-23-43-41(26-31)46-39-19-10-8-17-36(39)37-21-20-34(28-40(37)46)47-33-15-11-14-32(27-33)44-24-25-45(29-44)38-18-9-7-16-35(38)30-12-5-4-6-13-30;/h4-26H,1-3H3;/q-2;. The van der Waals surface area contributed by atoms with Crippen LogP contribution in [0.3, 0.4) is 0 Å². The summed E-state index contributed by atoms with van der Waals surface area (Å²) in [7, 11) is 0. The normalized spacial score (nSPS) is 11.5. The van der Waals surface area contributed by atoms with E-state index in [2.05, 4.69) is 129 Å². The van der Waals surface area contributed by atoms with Gasteiger partial charge in [0.25, 0.3) is 6.33 Å². The van der Waals surface area contributed by atoms with Gasteiger partial charge in [-0.3, -0.25) is 4.57 Å². The van der Waals surface area contributed by atoms with Crippen LogP contribution in [-0.2, 0) is 26.5 Å². The number of aromatic nitrogens is 4. The van der Waals surface area contributed by atoms with Crippen molar-refractivity contribution in [3.8, 4) is 39.8 Å². The summed E-state index contributed by atoms with van der Waals surface area (Å²) in [5.41, 5.74) is 7.36. The quantitative estimate of drug-likeness (QED) is 0.124. The van der Waals surface area contributed by atoms with Crippen molar-refractivity contribution in [3.63, 3.8) is 0 Å². The van der Waals surface area contributed by atoms with E-state index in [9.17, 15) is 0 Å². The van der Waals surface area contributed by atoms with Gasteiger partial charge in [0.05, 0.1) is 5.69 Å². The van der Waals surface area contributed by atoms with Gasteiger partial charge in [-0.05, 0) is 57.4 Å². The smallest absolute Gasteiger partial charge is 0.267 e. The minimum absolute atomic E-state index is 0. The first-order valence-electron chi connectivity index (χ1n) is 15.7. The van der Waals surface area contributed by atoms with Crippen molar-refractivity contribution in [1.29, 1.82) is 0 Å². The Morgan fingerprint density at radius 2 is 1.50 bits per heavy atom. The van der Waals surface area contributed by atoms with Crippen LogP contribution in [0.15, 0.2) is 140 Å². The van der Waals surface area contributed by atoms with Crippen LogP contribution >= 0.6 is 0 Å². The van der Waals surface area contributed by atoms with E-state index in [1.54, 1.807) is 0 Å². The van der Waals surface area contributed by atoms with Crippen LogP contribution in [0.5, 0.6) is 11.5 Å². The number of fused-ring (bicyclic) bond motifs is 3. The molecule has 5 aromatic carbocycles. The zero-order valence-corrected chi connectivity index (χ0v) is 29.1. The SMILES string of the molecule is CC(C)(C)c1ccnc(-n2c3[c-]c(Oc4[c-]c(-n5[c-][n+](-c6ccccc6-c6ccccc6)cc5)ccc4)ccc3c3ccccc32)c1.[Pt]. The molecule has 0 atom stereocenters. The van der Waals surface area contributed by atoms with E-state index in [1.165, 1.54) is 5.56 Å². The molecule has 0 bridgehead atoms. The summed E-state index contributed by atoms with van der Waals surface area (Å²) in [5.74, 6) is 2.05. The number of pyridine rings is 1. The molecule has 0 amide bonds. The average molecular weight is 804 g/mol. The molecule has 48 heavy (non-hydrogen) atoms. The van der Waals surface area contributed by atoms with E-state index < -0.39 is 0 Å². The summed E-state index contributed by atoms with van der Waals surface area (Å²) in [4.78, 5) is 4.79. The third kappa shape index (κ3) is 5.87. The Morgan fingerprint density at radius 3 is 2.35 bits per heavy atom. The first-order valence-corrected chi connectivity index (χ1v) is 15.7. The average Bonchev–Trinajstić information content (AvgIpc) is 3.72. The van der Waals surface area contributed by atoms with Crippen molar-refractivity contribution >= 4 is 21.8 Å². The predicted octanol–water partition coefficient (Wildman–Crippen LogP) is 9.40. The predicted molar refractivity (Wildman–Crippen MR) is 187 cm³/mol. The van der Waals surface area contributed by atoms with Crippen LogP contribution in [0.25, 0.3) is 50.1 Å². The molecule has 0 saturated heterocycles. The number of hydrogen-bond donors (Lipinski definition) is 0. The van der Waals surface area contributed by atoms with Crippen LogP contribution < -0.4 is 9.30 Å². The Balaban J connectivity index is 0.00000364. The van der Waals surface area contributed by atoms with Crippen molar-refractivity contribution in [2.45, 2.75) is 26.2 Å². The van der Waals surface area contributed by atoms with Gasteiger partial charge >= 0.3 is 0 Å². The first kappa shape index (κ1) is 31.4. The van der Waals surface area contributed by atoms with Crippen molar-refractivity contribution in [2.24, 2.45) is 0 Å². The second kappa shape index (κ2) is 12.7. The van der Waals surface area contributed by atoms with Gasteiger partial charge in [0.1, 0.15) is 5.82 Å². The zero-order valence-electron chi connectivity index (χ0n) is 26.8. The summed E-state index contributed by atoms with van der Waals surface area (Å²) >= 11 is 0. The minimum atomic E-state index is -0.00299. The largest absolute Gasteiger partial charge is 0.510 e. The van der Waals surface area contributed by atoms with E-state index in [0.717, 1.165) is 50.1 Å². The molecule has 0 fully saturated rings. The number of benzene rings is 5. The molecule has 5 nitrogen and oxygen atoms in total. The molecule has 3 aromatic heterocycles. The molecule has 0 spiro atoms. The fourth-order valence-corrected chi connectivity index (χ4v) is 6.06. The fraction of sp³-hybridized carbons (Fsp3) is 0.0952. The third-order valence-electron chi connectivity index (χ3n) is 8.46. The molecule has 238 valence electrons. The van der Waals surface area contributed by atoms with Gasteiger partial charge in [-0.15, -0.1) is 29.7 Å². The molecule has 0 aliphatic rings. The molecule has 0 aliphatic carbocycles. The molecule has 8 rings (SSSR count). The van der Waals surface area contributed by atoms with Crippen LogP contribution in [0.4, 0.5) is 0 Å². The monoisotopic (exact) mass is 803 g/mol. The maximum Gasteiger partial charge on any atom is 0.267 e. The molecular formula is C42H32N4OPt-2. The summed E-state index contributed by atoms with van der Waals surface area (Å²) < 4.78 is 12.5. The minimum Gasteiger partial charge on any atom is -0.510 e. The van der Waals surface area contributed by atoms with Crippen LogP contribution in [-0.4, -0.2) is 14.1 Å². The molecule has 0 aliphatic heterocycles. The zero-order chi connectivity index (χ0) is 32.0. The van der Waals surface area contributed by atoms with E-state index in [0.29, 0.717) is 11.5 Å². The Kier molecular flexibility index (Phi) is 8.33. The first-order chi connectivity index (χ1) is 22.9. The van der Waals surface area contributed by atoms with E-state index in [-0.39, 0.29) is 26.5 Å². The Morgan fingerprint density at radius 1 is 0.729 bits per heavy atom. The molecule has 0 N–H and O–H groups in total. The molecule has 8 aromatic rings. The Hall–Kier alpha value is -5.25. The summed E-state index contributed by atoms with van der Waals surface area (Å²) in [6, 6.07) is 48.3. The van der Waals surface area contributed by atoms with Gasteiger partial charge in [-0.1, -0.05) is 93.0 Å². The second-order valence-electron chi connectivity index (χ2n) is 12.6. The van der Waals surface area contributed by atoms with Crippen molar-refractivity contribution in [1.82, 2.24) is 14.1 Å². The summed E-state index contributed by atoms with van der Waals surface area (Å²) in [5, 5.41) is 2.24. The summed E-state index contributed by atoms with van der Waals surface area (Å²) in [6.07, 6.45) is 9.33. The fourth-order valence-electron chi connectivity index (χ4n) is 6.06. The van der Waals surface area contributed by atoms with Gasteiger partial charge in [-0.2, -0.15) is 18.2 Å². The number of ether oxygens (including phenoxy) is 1. The Labute approximate surface area is 295 Å². The topological polar surface area (TPSA) is 35.9 Å². The van der Waals surface area contributed by atoms with Gasteiger partial charge in [-0.25, -0.2) is 4.98 Å². The molecule has 3 heterocycles. The number of nitrogens with zero attached hydrogens (tertiary/aromatic N) is 4. The molecular weight excluding hydrogens is 772 g/mol. The number of hydrogen-bond acceptors (Lipinski definition) is 2. The van der Waals surface area contributed by atoms with Crippen molar-refractivity contribution < 1.29 is 30.4 Å². The molecule has 0 radical (unpaired) electrons. The third-order valence-corrected chi connectivity index (χ3v) is 8.46. The molecule has 0 unspecified atom stereocenters. The van der Waals surface area contributed by atoms with Gasteiger partial charge in [0, 0.05) is 56.7 Å². The van der Waals surface area contributed by atoms with Gasteiger partial charge in [0.15, 0.2) is 0 Å². The van der Waals surface area contributed by atoms with Crippen LogP contribution in [0.2, 0.25) is 0 Å². The van der Waals surface area contributed by atoms with Gasteiger partial charge < -0.3 is 13.9 Å². The Bertz CT molecular complexity index is 2380. The van der Waals surface area contributed by atoms with E-state index in [4.69, 9.17) is 9.72 Å². The van der Waals surface area contributed by atoms with Crippen LogP contribution in [0.1, 0.15) is 26.3 Å². The summed E-state index contributed by atoms with van der Waals surface area (Å²) in [6.45, 7) is 6.65. The number of para-hydroxylation sites is 2. The molecule has 6 heteroatoms. The van der Waals surface area contributed by atoms with E-state index >= 15 is 0 Å². The van der Waals surface area contributed by atoms with Crippen molar-refractivity contribution in [3.05, 3.63) is 164 Å². The van der Waals surface area contributed by atoms with Crippen LogP contribution in [0, 0.1) is 18.5 Å².